The molecule has 1 N–H and O–H groups in total. The quantitative estimate of drug-likeness (QED) is 0.813. The van der Waals surface area contributed by atoms with E-state index in [9.17, 15) is 0 Å². The number of aryl methyl sites for hydroxylation is 3. The zero-order valence-corrected chi connectivity index (χ0v) is 9.59. The molecule has 0 atom stereocenters. The summed E-state index contributed by atoms with van der Waals surface area (Å²) in [7, 11) is 0. The van der Waals surface area contributed by atoms with Gasteiger partial charge in [-0.3, -0.25) is 4.68 Å². The van der Waals surface area contributed by atoms with Crippen molar-refractivity contribution in [1.29, 1.82) is 0 Å². The number of hydrogen-bond acceptors (Lipinski definition) is 4. The topological polar surface area (TPSA) is 60.6 Å². The molecular weight excluding hydrogens is 204 g/mol. The maximum Gasteiger partial charge on any atom is 0.203 e. The molecule has 86 valence electrons. The molecule has 0 bridgehead atoms. The zero-order valence-electron chi connectivity index (χ0n) is 9.59. The fourth-order valence-corrected chi connectivity index (χ4v) is 1.58. The smallest absolute Gasteiger partial charge is 0.203 e. The summed E-state index contributed by atoms with van der Waals surface area (Å²) in [6, 6.07) is 0. The molecule has 0 fully saturated rings. The van der Waals surface area contributed by atoms with Crippen molar-refractivity contribution in [3.63, 3.8) is 0 Å². The average molecular weight is 220 g/mol. The molecule has 0 radical (unpaired) electrons. The maximum absolute atomic E-state index is 4.41. The Bertz CT molecular complexity index is 430. The third-order valence-electron chi connectivity index (χ3n) is 2.27. The van der Waals surface area contributed by atoms with Gasteiger partial charge in [-0.15, -0.1) is 5.10 Å². The predicted molar refractivity (Wildman–Crippen MR) is 61.1 cm³/mol. The van der Waals surface area contributed by atoms with E-state index >= 15 is 0 Å². The second-order valence-corrected chi connectivity index (χ2v) is 3.60. The van der Waals surface area contributed by atoms with E-state index in [0.29, 0.717) is 0 Å². The van der Waals surface area contributed by atoms with Crippen LogP contribution >= 0.6 is 0 Å². The molecular formula is C10H16N6. The molecule has 6 nitrogen and oxygen atoms in total. The lowest BCUT2D eigenvalue weighted by atomic mass is 10.5. The molecule has 0 amide bonds. The number of nitrogens with zero attached hydrogens (tertiary/aromatic N) is 5. The van der Waals surface area contributed by atoms with Crippen molar-refractivity contribution in [2.24, 2.45) is 0 Å². The molecule has 2 aromatic heterocycles. The first kappa shape index (κ1) is 10.7. The van der Waals surface area contributed by atoms with Crippen LogP contribution in [0.4, 0.5) is 5.95 Å². The molecule has 2 heterocycles. The fraction of sp³-hybridized carbons (Fsp3) is 0.500. The first-order valence-corrected chi connectivity index (χ1v) is 5.41. The summed E-state index contributed by atoms with van der Waals surface area (Å²) in [6.07, 6.45) is 5.58. The first-order valence-electron chi connectivity index (χ1n) is 5.41. The van der Waals surface area contributed by atoms with E-state index in [1.165, 1.54) is 0 Å². The van der Waals surface area contributed by atoms with Crippen molar-refractivity contribution in [3.8, 4) is 0 Å². The van der Waals surface area contributed by atoms with Gasteiger partial charge in [0.25, 0.3) is 0 Å². The minimum atomic E-state index is 0.800. The Kier molecular flexibility index (Phi) is 3.19. The van der Waals surface area contributed by atoms with Crippen LogP contribution in [0, 0.1) is 6.92 Å². The Balaban J connectivity index is 2.02. The highest BCUT2D eigenvalue weighted by Gasteiger charge is 2.04. The largest absolute Gasteiger partial charge is 0.356 e. The number of nitrogens with one attached hydrogen (secondary N) is 1. The van der Waals surface area contributed by atoms with E-state index < -0.39 is 0 Å². The van der Waals surface area contributed by atoms with E-state index in [-0.39, 0.29) is 0 Å². The number of rotatable bonds is 5. The Hall–Kier alpha value is -1.85. The molecule has 0 unspecified atom stereocenters. The summed E-state index contributed by atoms with van der Waals surface area (Å²) in [6.45, 7) is 6.57. The lowest BCUT2D eigenvalue weighted by molar-refractivity contribution is 0.521. The van der Waals surface area contributed by atoms with E-state index in [1.807, 2.05) is 24.0 Å². The van der Waals surface area contributed by atoms with Gasteiger partial charge in [-0.2, -0.15) is 0 Å². The average Bonchev–Trinajstić information content (AvgIpc) is 2.86. The van der Waals surface area contributed by atoms with Gasteiger partial charge in [0.15, 0.2) is 0 Å². The van der Waals surface area contributed by atoms with Gasteiger partial charge in [0.2, 0.25) is 5.95 Å². The van der Waals surface area contributed by atoms with E-state index in [4.69, 9.17) is 0 Å². The highest BCUT2D eigenvalue weighted by atomic mass is 15.4. The summed E-state index contributed by atoms with van der Waals surface area (Å²) in [4.78, 5) is 4.41. The Morgan fingerprint density at radius 3 is 2.94 bits per heavy atom. The number of aromatic nitrogens is 5. The molecule has 6 heteroatoms. The van der Waals surface area contributed by atoms with Crippen molar-refractivity contribution in [3.05, 3.63) is 24.3 Å². The third-order valence-corrected chi connectivity index (χ3v) is 2.27. The lowest BCUT2D eigenvalue weighted by Gasteiger charge is -2.07. The molecule has 2 rings (SSSR count). The van der Waals surface area contributed by atoms with Crippen LogP contribution in [0.5, 0.6) is 0 Å². The van der Waals surface area contributed by atoms with Gasteiger partial charge in [0.1, 0.15) is 0 Å². The molecule has 0 saturated carbocycles. The minimum absolute atomic E-state index is 0.800. The van der Waals surface area contributed by atoms with Gasteiger partial charge >= 0.3 is 0 Å². The predicted octanol–water partition coefficient (Wildman–Crippen LogP) is 0.915. The SMILES string of the molecule is CCNc1nc(C)cn1CCn1ccnn1. The van der Waals surface area contributed by atoms with E-state index in [0.717, 1.165) is 31.3 Å². The van der Waals surface area contributed by atoms with Gasteiger partial charge in [-0.1, -0.05) is 5.21 Å². The summed E-state index contributed by atoms with van der Waals surface area (Å²) in [5.74, 6) is 0.917. The van der Waals surface area contributed by atoms with Crippen LogP contribution in [0.1, 0.15) is 12.6 Å². The molecule has 0 aliphatic rings. The summed E-state index contributed by atoms with van der Waals surface area (Å²) in [5, 5.41) is 10.9. The van der Waals surface area contributed by atoms with Crippen molar-refractivity contribution in [1.82, 2.24) is 24.5 Å². The molecule has 0 spiro atoms. The fourth-order valence-electron chi connectivity index (χ4n) is 1.58. The molecule has 0 aliphatic carbocycles. The van der Waals surface area contributed by atoms with E-state index in [1.54, 1.807) is 6.20 Å². The summed E-state index contributed by atoms with van der Waals surface area (Å²) < 4.78 is 3.91. The Morgan fingerprint density at radius 2 is 2.25 bits per heavy atom. The van der Waals surface area contributed by atoms with Gasteiger partial charge in [0.05, 0.1) is 18.4 Å². The van der Waals surface area contributed by atoms with Gasteiger partial charge < -0.3 is 9.88 Å². The molecule has 0 aromatic carbocycles. The Labute approximate surface area is 94.3 Å². The highest BCUT2D eigenvalue weighted by Crippen LogP contribution is 2.08. The van der Waals surface area contributed by atoms with E-state index in [2.05, 4.69) is 32.1 Å². The van der Waals surface area contributed by atoms with Crippen molar-refractivity contribution >= 4 is 5.95 Å². The molecule has 0 aliphatic heterocycles. The second-order valence-electron chi connectivity index (χ2n) is 3.60. The standard InChI is InChI=1S/C10H16N6/c1-3-11-10-13-9(2)8-15(10)6-7-16-5-4-12-14-16/h4-5,8H,3,6-7H2,1-2H3,(H,11,13). The van der Waals surface area contributed by atoms with Crippen LogP contribution in [0.25, 0.3) is 0 Å². The second kappa shape index (κ2) is 4.78. The van der Waals surface area contributed by atoms with Crippen LogP contribution in [0.15, 0.2) is 18.6 Å². The molecule has 2 aromatic rings. The van der Waals surface area contributed by atoms with Crippen LogP contribution in [0.3, 0.4) is 0 Å². The van der Waals surface area contributed by atoms with Crippen LogP contribution in [0.2, 0.25) is 0 Å². The Morgan fingerprint density at radius 1 is 1.38 bits per heavy atom. The minimum Gasteiger partial charge on any atom is -0.356 e. The zero-order chi connectivity index (χ0) is 11.4. The number of hydrogen-bond donors (Lipinski definition) is 1. The summed E-state index contributed by atoms with van der Waals surface area (Å²) in [5.41, 5.74) is 1.02. The van der Waals surface area contributed by atoms with Crippen LogP contribution in [-0.2, 0) is 13.1 Å². The van der Waals surface area contributed by atoms with Crippen LogP contribution < -0.4 is 5.32 Å². The van der Waals surface area contributed by atoms with Crippen molar-refractivity contribution < 1.29 is 0 Å². The highest BCUT2D eigenvalue weighted by molar-refractivity contribution is 5.28. The van der Waals surface area contributed by atoms with Gasteiger partial charge in [0, 0.05) is 25.5 Å². The molecule has 16 heavy (non-hydrogen) atoms. The molecule has 0 saturated heterocycles. The normalized spacial score (nSPS) is 10.6. The number of imidazole rings is 1. The maximum atomic E-state index is 4.41. The van der Waals surface area contributed by atoms with Gasteiger partial charge in [-0.25, -0.2) is 4.98 Å². The third kappa shape index (κ3) is 2.39. The first-order chi connectivity index (χ1) is 7.79. The monoisotopic (exact) mass is 220 g/mol. The number of anilines is 1. The van der Waals surface area contributed by atoms with Gasteiger partial charge in [-0.05, 0) is 13.8 Å². The van der Waals surface area contributed by atoms with Crippen molar-refractivity contribution in [2.75, 3.05) is 11.9 Å². The lowest BCUT2D eigenvalue weighted by Crippen LogP contribution is -2.11. The van der Waals surface area contributed by atoms with Crippen LogP contribution in [-0.4, -0.2) is 31.1 Å². The van der Waals surface area contributed by atoms with Crippen molar-refractivity contribution in [2.45, 2.75) is 26.9 Å². The summed E-state index contributed by atoms with van der Waals surface area (Å²) >= 11 is 0.